The Hall–Kier alpha value is -3.24. The molecule has 6 N–H and O–H groups in total. The largest absolute Gasteiger partial charge is 0.337 e. The zero-order valence-corrected chi connectivity index (χ0v) is 24.2. The molecule has 0 spiro atoms. The van der Waals surface area contributed by atoms with Crippen molar-refractivity contribution in [3.8, 4) is 0 Å². The fourth-order valence-electron chi connectivity index (χ4n) is 2.53. The number of halogens is 2. The van der Waals surface area contributed by atoms with Crippen molar-refractivity contribution >= 4 is 93.3 Å². The Morgan fingerprint density at radius 1 is 0.667 bits per heavy atom. The maximum atomic E-state index is 12.3. The van der Waals surface area contributed by atoms with Crippen LogP contribution in [0.2, 0.25) is 10.0 Å². The van der Waals surface area contributed by atoms with Gasteiger partial charge in [0.25, 0.3) is 11.8 Å². The molecule has 3 rings (SSSR count). The molecule has 3 aromatic rings. The third-order valence-corrected chi connectivity index (χ3v) is 8.28. The lowest BCUT2D eigenvalue weighted by Gasteiger charge is -2.12. The van der Waals surface area contributed by atoms with Gasteiger partial charge in [-0.1, -0.05) is 58.1 Å². The molecule has 0 aliphatic heterocycles. The molecule has 1 aromatic heterocycles. The standard InChI is InChI=1S/C22H22Cl2N8O4S3/c1-11(17(33)27-29-19(35)25-15-7-3-13(23)4-8-15)37-21-31-32-22(39-21)38-12(2)18(34)28-30-20(36)26-16-9-5-14(24)6-10-16/h3-12H,1-2H3,(H,27,33)(H,28,34)(H2,25,29,35)(H2,26,30,36). The number of hydrogen-bond acceptors (Lipinski definition) is 9. The Bertz CT molecular complexity index is 1210. The van der Waals surface area contributed by atoms with E-state index in [2.05, 4.69) is 42.5 Å². The summed E-state index contributed by atoms with van der Waals surface area (Å²) in [4.78, 5) is 48.6. The minimum Gasteiger partial charge on any atom is -0.307 e. The molecule has 0 fully saturated rings. The molecule has 2 aromatic carbocycles. The normalized spacial score (nSPS) is 12.0. The Morgan fingerprint density at radius 3 is 1.38 bits per heavy atom. The van der Waals surface area contributed by atoms with E-state index in [1.54, 1.807) is 62.4 Å². The number of aromatic nitrogens is 2. The highest BCUT2D eigenvalue weighted by Crippen LogP contribution is 2.33. The molecular formula is C22H22Cl2N8O4S3. The van der Waals surface area contributed by atoms with Crippen LogP contribution in [-0.4, -0.2) is 44.6 Å². The molecule has 39 heavy (non-hydrogen) atoms. The van der Waals surface area contributed by atoms with Crippen molar-refractivity contribution in [3.05, 3.63) is 58.6 Å². The predicted molar refractivity (Wildman–Crippen MR) is 154 cm³/mol. The molecule has 0 saturated carbocycles. The summed E-state index contributed by atoms with van der Waals surface area (Å²) in [5.74, 6) is -0.905. The minimum atomic E-state index is -0.623. The SMILES string of the molecule is CC(Sc1nnc(SC(C)C(=O)NNC(=O)Nc2ccc(Cl)cc2)s1)C(=O)NNC(=O)Nc1ccc(Cl)cc1. The molecule has 0 radical (unpaired) electrons. The predicted octanol–water partition coefficient (Wildman–Crippen LogP) is 4.51. The van der Waals surface area contributed by atoms with Crippen LogP contribution in [0.4, 0.5) is 21.0 Å². The summed E-state index contributed by atoms with van der Waals surface area (Å²) >= 11 is 15.1. The summed E-state index contributed by atoms with van der Waals surface area (Å²) < 4.78 is 0.998. The van der Waals surface area contributed by atoms with Gasteiger partial charge in [-0.05, 0) is 62.4 Å². The smallest absolute Gasteiger partial charge is 0.307 e. The summed E-state index contributed by atoms with van der Waals surface area (Å²) in [6.45, 7) is 3.29. The highest BCUT2D eigenvalue weighted by molar-refractivity contribution is 8.04. The number of benzene rings is 2. The first-order valence-corrected chi connectivity index (χ1v) is 14.3. The van der Waals surface area contributed by atoms with Crippen LogP contribution in [-0.2, 0) is 9.59 Å². The molecule has 17 heteroatoms. The molecule has 2 atom stereocenters. The second-order valence-corrected chi connectivity index (χ2v) is 12.5. The van der Waals surface area contributed by atoms with Gasteiger partial charge in [-0.3, -0.25) is 20.4 Å². The second kappa shape index (κ2) is 14.8. The lowest BCUT2D eigenvalue weighted by molar-refractivity contribution is -0.121. The van der Waals surface area contributed by atoms with E-state index in [1.165, 1.54) is 11.3 Å². The number of thioether (sulfide) groups is 2. The highest BCUT2D eigenvalue weighted by Gasteiger charge is 2.21. The fraction of sp³-hybridized carbons (Fsp3) is 0.182. The zero-order valence-electron chi connectivity index (χ0n) is 20.3. The number of carbonyl (C=O) groups is 4. The number of carbonyl (C=O) groups excluding carboxylic acids is 4. The average molecular weight is 630 g/mol. The quantitative estimate of drug-likeness (QED) is 0.156. The van der Waals surface area contributed by atoms with E-state index in [-0.39, 0.29) is 0 Å². The van der Waals surface area contributed by atoms with Gasteiger partial charge in [0.2, 0.25) is 0 Å². The van der Waals surface area contributed by atoms with Crippen molar-refractivity contribution in [1.82, 2.24) is 31.9 Å². The number of hydrazine groups is 2. The Labute approximate surface area is 245 Å². The molecule has 0 aliphatic carbocycles. The van der Waals surface area contributed by atoms with Crippen LogP contribution in [0.5, 0.6) is 0 Å². The lowest BCUT2D eigenvalue weighted by Crippen LogP contribution is -2.46. The van der Waals surface area contributed by atoms with Gasteiger partial charge in [-0.15, -0.1) is 10.2 Å². The van der Waals surface area contributed by atoms with Crippen molar-refractivity contribution in [1.29, 1.82) is 0 Å². The summed E-state index contributed by atoms with van der Waals surface area (Å²) in [6.07, 6.45) is 0. The van der Waals surface area contributed by atoms with Crippen molar-refractivity contribution in [2.24, 2.45) is 0 Å². The fourth-order valence-corrected chi connectivity index (χ4v) is 6.09. The van der Waals surface area contributed by atoms with Crippen LogP contribution in [0.25, 0.3) is 0 Å². The van der Waals surface area contributed by atoms with E-state index in [0.29, 0.717) is 30.1 Å². The number of nitrogens with one attached hydrogen (secondary N) is 6. The van der Waals surface area contributed by atoms with Gasteiger partial charge in [0.1, 0.15) is 0 Å². The Morgan fingerprint density at radius 2 is 1.03 bits per heavy atom. The molecule has 0 bridgehead atoms. The molecule has 206 valence electrons. The van der Waals surface area contributed by atoms with E-state index in [4.69, 9.17) is 23.2 Å². The minimum absolute atomic E-state index is 0.452. The van der Waals surface area contributed by atoms with Crippen LogP contribution in [0.15, 0.2) is 57.2 Å². The van der Waals surface area contributed by atoms with Crippen LogP contribution in [0.3, 0.4) is 0 Å². The summed E-state index contributed by atoms with van der Waals surface area (Å²) in [5, 5.41) is 13.0. The molecule has 2 unspecified atom stereocenters. The van der Waals surface area contributed by atoms with Gasteiger partial charge in [0.05, 0.1) is 10.5 Å². The van der Waals surface area contributed by atoms with Gasteiger partial charge in [0, 0.05) is 21.4 Å². The topological polar surface area (TPSA) is 166 Å². The third kappa shape index (κ3) is 10.4. The van der Waals surface area contributed by atoms with E-state index in [0.717, 1.165) is 23.5 Å². The molecule has 0 aliphatic rings. The number of nitrogens with zero attached hydrogens (tertiary/aromatic N) is 2. The Kier molecular flexibility index (Phi) is 11.5. The van der Waals surface area contributed by atoms with Crippen molar-refractivity contribution < 1.29 is 19.2 Å². The van der Waals surface area contributed by atoms with Crippen LogP contribution in [0.1, 0.15) is 13.8 Å². The summed E-state index contributed by atoms with van der Waals surface area (Å²) in [7, 11) is 0. The van der Waals surface area contributed by atoms with Crippen molar-refractivity contribution in [3.63, 3.8) is 0 Å². The molecule has 12 nitrogen and oxygen atoms in total. The Balaban J connectivity index is 1.37. The van der Waals surface area contributed by atoms with Gasteiger partial charge < -0.3 is 10.6 Å². The molecule has 6 amide bonds. The van der Waals surface area contributed by atoms with Gasteiger partial charge in [-0.2, -0.15) is 0 Å². The van der Waals surface area contributed by atoms with Crippen LogP contribution < -0.4 is 32.3 Å². The van der Waals surface area contributed by atoms with E-state index >= 15 is 0 Å². The van der Waals surface area contributed by atoms with E-state index < -0.39 is 34.4 Å². The first-order chi connectivity index (χ1) is 18.6. The van der Waals surface area contributed by atoms with Gasteiger partial charge in [0.15, 0.2) is 8.68 Å². The van der Waals surface area contributed by atoms with E-state index in [1.807, 2.05) is 0 Å². The maximum absolute atomic E-state index is 12.3. The van der Waals surface area contributed by atoms with Crippen molar-refractivity contribution in [2.45, 2.75) is 33.0 Å². The molecule has 1 heterocycles. The van der Waals surface area contributed by atoms with Crippen LogP contribution >= 0.6 is 58.1 Å². The number of anilines is 2. The highest BCUT2D eigenvalue weighted by atomic mass is 35.5. The molecular weight excluding hydrogens is 607 g/mol. The number of urea groups is 2. The maximum Gasteiger partial charge on any atom is 0.337 e. The zero-order chi connectivity index (χ0) is 28.4. The lowest BCUT2D eigenvalue weighted by atomic mass is 10.3. The second-order valence-electron chi connectivity index (χ2n) is 7.50. The number of rotatable bonds is 8. The number of amides is 6. The monoisotopic (exact) mass is 628 g/mol. The molecule has 0 saturated heterocycles. The summed E-state index contributed by atoms with van der Waals surface area (Å²) in [6, 6.07) is 11.7. The van der Waals surface area contributed by atoms with Gasteiger partial charge >= 0.3 is 12.1 Å². The van der Waals surface area contributed by atoms with Gasteiger partial charge in [-0.25, -0.2) is 20.4 Å². The average Bonchev–Trinajstić information content (AvgIpc) is 3.34. The summed E-state index contributed by atoms with van der Waals surface area (Å²) in [5.41, 5.74) is 10.2. The van der Waals surface area contributed by atoms with Crippen LogP contribution in [0, 0.1) is 0 Å². The van der Waals surface area contributed by atoms with Crippen molar-refractivity contribution in [2.75, 3.05) is 10.6 Å². The third-order valence-electron chi connectivity index (χ3n) is 4.48. The number of hydrogen-bond donors (Lipinski definition) is 6. The van der Waals surface area contributed by atoms with E-state index in [9.17, 15) is 19.2 Å². The first-order valence-electron chi connectivity index (χ1n) is 11.0. The first kappa shape index (κ1) is 30.3.